The highest BCUT2D eigenvalue weighted by molar-refractivity contribution is 5.88. The molecule has 0 unspecified atom stereocenters. The Bertz CT molecular complexity index is 641. The fourth-order valence-electron chi connectivity index (χ4n) is 2.11. The molecule has 0 saturated carbocycles. The lowest BCUT2D eigenvalue weighted by Gasteiger charge is -2.05. The maximum atomic E-state index is 11.9. The molecule has 0 fully saturated rings. The summed E-state index contributed by atoms with van der Waals surface area (Å²) in [6.45, 7) is 4.30. The minimum absolute atomic E-state index is 0.241. The van der Waals surface area contributed by atoms with Crippen LogP contribution in [0.3, 0.4) is 0 Å². The van der Waals surface area contributed by atoms with E-state index in [0.717, 1.165) is 12.0 Å². The Morgan fingerprint density at radius 1 is 1.30 bits per heavy atom. The molecule has 1 heterocycles. The van der Waals surface area contributed by atoms with E-state index in [1.165, 1.54) is 0 Å². The van der Waals surface area contributed by atoms with Crippen LogP contribution >= 0.6 is 0 Å². The number of nitrogens with zero attached hydrogens (tertiary/aromatic N) is 1. The second-order valence-electron chi connectivity index (χ2n) is 4.50. The molecule has 0 radical (unpaired) electrons. The van der Waals surface area contributed by atoms with Gasteiger partial charge in [0.15, 0.2) is 0 Å². The van der Waals surface area contributed by atoms with Gasteiger partial charge in [-0.15, -0.1) is 0 Å². The molecule has 1 aromatic carbocycles. The first-order valence-corrected chi connectivity index (χ1v) is 6.64. The van der Waals surface area contributed by atoms with Gasteiger partial charge in [0.05, 0.1) is 12.3 Å². The van der Waals surface area contributed by atoms with E-state index in [4.69, 9.17) is 4.74 Å². The highest BCUT2D eigenvalue weighted by atomic mass is 16.5. The van der Waals surface area contributed by atoms with Gasteiger partial charge in [-0.3, -0.25) is 9.55 Å². The normalized spacial score (nSPS) is 10.5. The van der Waals surface area contributed by atoms with Gasteiger partial charge >= 0.3 is 11.7 Å². The quantitative estimate of drug-likeness (QED) is 0.847. The Balaban J connectivity index is 2.17. The highest BCUT2D eigenvalue weighted by Gasteiger charge is 2.17. The predicted octanol–water partition coefficient (Wildman–Crippen LogP) is 1.90. The molecule has 1 aromatic heterocycles. The van der Waals surface area contributed by atoms with Crippen LogP contribution < -0.4 is 5.69 Å². The van der Waals surface area contributed by atoms with Gasteiger partial charge in [0.1, 0.15) is 5.69 Å². The van der Waals surface area contributed by atoms with Crippen LogP contribution in [0.2, 0.25) is 0 Å². The lowest BCUT2D eigenvalue weighted by molar-refractivity contribution is 0.0519. The molecule has 1 N–H and O–H groups in total. The van der Waals surface area contributed by atoms with E-state index in [9.17, 15) is 9.59 Å². The zero-order valence-electron chi connectivity index (χ0n) is 11.7. The second-order valence-corrected chi connectivity index (χ2v) is 4.50. The first kappa shape index (κ1) is 14.1. The first-order valence-electron chi connectivity index (χ1n) is 6.64. The molecule has 0 atom stereocenters. The molecule has 106 valence electrons. The van der Waals surface area contributed by atoms with Crippen LogP contribution in [0.4, 0.5) is 0 Å². The Labute approximate surface area is 117 Å². The van der Waals surface area contributed by atoms with Crippen molar-refractivity contribution >= 4 is 5.97 Å². The third kappa shape index (κ3) is 2.99. The monoisotopic (exact) mass is 274 g/mol. The summed E-state index contributed by atoms with van der Waals surface area (Å²) in [6, 6.07) is 9.91. The molecule has 5 heteroatoms. The van der Waals surface area contributed by atoms with Crippen molar-refractivity contribution in [1.82, 2.24) is 9.55 Å². The standard InChI is InChI=1S/C15H18N2O3/c1-3-20-14(18)13-11(2)17(15(19)16-13)10-9-12-7-5-4-6-8-12/h4-8H,3,9-10H2,1-2H3,(H,16,19). The summed E-state index contributed by atoms with van der Waals surface area (Å²) in [5.74, 6) is -0.486. The zero-order chi connectivity index (χ0) is 14.5. The molecule has 0 bridgehead atoms. The number of aromatic amines is 1. The minimum atomic E-state index is -0.486. The summed E-state index contributed by atoms with van der Waals surface area (Å²) in [4.78, 5) is 26.2. The Kier molecular flexibility index (Phi) is 4.40. The summed E-state index contributed by atoms with van der Waals surface area (Å²) in [5.41, 5.74) is 1.73. The molecule has 0 aliphatic carbocycles. The van der Waals surface area contributed by atoms with Crippen molar-refractivity contribution in [1.29, 1.82) is 0 Å². The van der Waals surface area contributed by atoms with Crippen molar-refractivity contribution < 1.29 is 9.53 Å². The van der Waals surface area contributed by atoms with Gasteiger partial charge < -0.3 is 4.74 Å². The lowest BCUT2D eigenvalue weighted by Crippen LogP contribution is -2.19. The van der Waals surface area contributed by atoms with Gasteiger partial charge in [0.25, 0.3) is 0 Å². The van der Waals surface area contributed by atoms with Crippen LogP contribution in [-0.2, 0) is 17.7 Å². The Morgan fingerprint density at radius 2 is 2.00 bits per heavy atom. The van der Waals surface area contributed by atoms with Crippen LogP contribution in [0.25, 0.3) is 0 Å². The minimum Gasteiger partial charge on any atom is -0.461 e. The molecule has 0 aliphatic heterocycles. The number of aromatic nitrogens is 2. The number of hydrogen-bond donors (Lipinski definition) is 1. The molecule has 0 saturated heterocycles. The van der Waals surface area contributed by atoms with Crippen molar-refractivity contribution in [2.24, 2.45) is 0 Å². The number of carbonyl (C=O) groups excluding carboxylic acids is 1. The fourth-order valence-corrected chi connectivity index (χ4v) is 2.11. The summed E-state index contributed by atoms with van der Waals surface area (Å²) in [7, 11) is 0. The number of benzene rings is 1. The van der Waals surface area contributed by atoms with Gasteiger partial charge in [-0.25, -0.2) is 9.59 Å². The van der Waals surface area contributed by atoms with Crippen LogP contribution in [0.1, 0.15) is 28.7 Å². The number of nitrogens with one attached hydrogen (secondary N) is 1. The summed E-state index contributed by atoms with van der Waals surface area (Å²) in [6.07, 6.45) is 0.738. The van der Waals surface area contributed by atoms with Crippen molar-refractivity contribution in [2.45, 2.75) is 26.8 Å². The molecule has 0 amide bonds. The largest absolute Gasteiger partial charge is 0.461 e. The number of esters is 1. The maximum Gasteiger partial charge on any atom is 0.356 e. The third-order valence-electron chi connectivity index (χ3n) is 3.19. The topological polar surface area (TPSA) is 64.1 Å². The number of carbonyl (C=O) groups is 1. The van der Waals surface area contributed by atoms with E-state index in [0.29, 0.717) is 12.2 Å². The summed E-state index contributed by atoms with van der Waals surface area (Å²) in [5, 5.41) is 0. The van der Waals surface area contributed by atoms with Gasteiger partial charge in [-0.1, -0.05) is 30.3 Å². The van der Waals surface area contributed by atoms with Crippen molar-refractivity contribution in [3.05, 3.63) is 57.8 Å². The average molecular weight is 274 g/mol. The number of rotatable bonds is 5. The Hall–Kier alpha value is -2.30. The van der Waals surface area contributed by atoms with E-state index >= 15 is 0 Å². The number of aryl methyl sites for hydroxylation is 1. The first-order chi connectivity index (χ1) is 9.63. The van der Waals surface area contributed by atoms with E-state index in [1.54, 1.807) is 18.4 Å². The van der Waals surface area contributed by atoms with Crippen molar-refractivity contribution in [2.75, 3.05) is 6.61 Å². The molecular formula is C15H18N2O3. The SMILES string of the molecule is CCOC(=O)c1[nH]c(=O)n(CCc2ccccc2)c1C. The van der Waals surface area contributed by atoms with E-state index < -0.39 is 5.97 Å². The summed E-state index contributed by atoms with van der Waals surface area (Å²) >= 11 is 0. The van der Waals surface area contributed by atoms with Crippen molar-refractivity contribution in [3.63, 3.8) is 0 Å². The predicted molar refractivity (Wildman–Crippen MR) is 75.9 cm³/mol. The third-order valence-corrected chi connectivity index (χ3v) is 3.19. The molecule has 2 rings (SSSR count). The number of hydrogen-bond acceptors (Lipinski definition) is 3. The van der Waals surface area contributed by atoms with Gasteiger partial charge in [0.2, 0.25) is 0 Å². The van der Waals surface area contributed by atoms with Crippen LogP contribution in [0.5, 0.6) is 0 Å². The zero-order valence-corrected chi connectivity index (χ0v) is 11.7. The molecule has 2 aromatic rings. The maximum absolute atomic E-state index is 11.9. The molecule has 0 spiro atoms. The van der Waals surface area contributed by atoms with E-state index in [2.05, 4.69) is 4.98 Å². The van der Waals surface area contributed by atoms with Crippen LogP contribution in [0.15, 0.2) is 35.1 Å². The van der Waals surface area contributed by atoms with E-state index in [-0.39, 0.29) is 18.0 Å². The molecular weight excluding hydrogens is 256 g/mol. The molecule has 0 aliphatic rings. The van der Waals surface area contributed by atoms with Gasteiger partial charge in [-0.05, 0) is 25.8 Å². The van der Waals surface area contributed by atoms with Gasteiger partial charge in [-0.2, -0.15) is 0 Å². The second kappa shape index (κ2) is 6.23. The molecule has 5 nitrogen and oxygen atoms in total. The summed E-state index contributed by atoms with van der Waals surface area (Å²) < 4.78 is 6.49. The lowest BCUT2D eigenvalue weighted by atomic mass is 10.1. The molecule has 20 heavy (non-hydrogen) atoms. The number of imidazole rings is 1. The van der Waals surface area contributed by atoms with Crippen LogP contribution in [-0.4, -0.2) is 22.1 Å². The number of H-pyrrole nitrogens is 1. The van der Waals surface area contributed by atoms with Crippen LogP contribution in [0, 0.1) is 6.92 Å². The Morgan fingerprint density at radius 3 is 2.65 bits per heavy atom. The van der Waals surface area contributed by atoms with Crippen molar-refractivity contribution in [3.8, 4) is 0 Å². The fraction of sp³-hybridized carbons (Fsp3) is 0.333. The van der Waals surface area contributed by atoms with E-state index in [1.807, 2.05) is 30.3 Å². The number of ether oxygens (including phenoxy) is 1. The van der Waals surface area contributed by atoms with Gasteiger partial charge in [0, 0.05) is 6.54 Å². The smallest absolute Gasteiger partial charge is 0.356 e. The highest BCUT2D eigenvalue weighted by Crippen LogP contribution is 2.07. The average Bonchev–Trinajstić information content (AvgIpc) is 2.73.